The van der Waals surface area contributed by atoms with Gasteiger partial charge in [0.2, 0.25) is 10.0 Å². The monoisotopic (exact) mass is 518 g/mol. The molecule has 1 N–H and O–H groups in total. The molecule has 2 aromatic carbocycles. The number of sulfonamides is 1. The molecule has 1 saturated heterocycles. The van der Waals surface area contributed by atoms with Gasteiger partial charge in [0.15, 0.2) is 0 Å². The van der Waals surface area contributed by atoms with Gasteiger partial charge in [-0.1, -0.05) is 37.3 Å². The quantitative estimate of drug-likeness (QED) is 0.561. The molecule has 192 valence electrons. The zero-order valence-electron chi connectivity index (χ0n) is 19.5. The van der Waals surface area contributed by atoms with E-state index >= 15 is 0 Å². The molecule has 0 amide bonds. The highest BCUT2D eigenvalue weighted by Crippen LogP contribution is 2.63. The summed E-state index contributed by atoms with van der Waals surface area (Å²) in [6.07, 6.45) is -3.73. The maximum absolute atomic E-state index is 14.4. The number of alkyl halides is 5. The molecular weight excluding hydrogens is 491 g/mol. The third-order valence-corrected chi connectivity index (χ3v) is 8.28. The van der Waals surface area contributed by atoms with Crippen molar-refractivity contribution < 1.29 is 35.5 Å². The molecule has 5 nitrogen and oxygen atoms in total. The highest BCUT2D eigenvalue weighted by molar-refractivity contribution is 7.88. The summed E-state index contributed by atoms with van der Waals surface area (Å²) in [5.74, 6) is -4.18. The molecule has 0 radical (unpaired) electrons. The van der Waals surface area contributed by atoms with Crippen LogP contribution in [0.4, 0.5) is 22.0 Å². The van der Waals surface area contributed by atoms with E-state index in [1.807, 2.05) is 19.1 Å². The van der Waals surface area contributed by atoms with Crippen LogP contribution in [0.2, 0.25) is 0 Å². The lowest BCUT2D eigenvalue weighted by Gasteiger charge is -2.47. The molecular formula is C24H27F5N2O3S. The number of nitrogens with zero attached hydrogens (tertiary/aromatic N) is 2. The van der Waals surface area contributed by atoms with Crippen molar-refractivity contribution in [3.63, 3.8) is 0 Å². The zero-order chi connectivity index (χ0) is 26.0. The number of rotatable bonds is 7. The lowest BCUT2D eigenvalue weighted by molar-refractivity contribution is -0.364. The molecule has 2 aliphatic rings. The van der Waals surface area contributed by atoms with Crippen molar-refractivity contribution in [2.24, 2.45) is 5.92 Å². The number of hydrogen-bond donors (Lipinski definition) is 1. The molecule has 1 aliphatic heterocycles. The summed E-state index contributed by atoms with van der Waals surface area (Å²) >= 11 is 0. The SMILES string of the molecule is CCc1cc(CN2CC(CN(C)S(C)(=O)=O)C2)ccc1-c1ccc2c(c1)C(F)(F)C2(O)C(F)(F)F. The molecule has 0 spiro atoms. The predicted molar refractivity (Wildman–Crippen MR) is 121 cm³/mol. The summed E-state index contributed by atoms with van der Waals surface area (Å²) < 4.78 is 92.7. The fourth-order valence-corrected chi connectivity index (χ4v) is 5.40. The van der Waals surface area contributed by atoms with Gasteiger partial charge in [-0.15, -0.1) is 0 Å². The summed E-state index contributed by atoms with van der Waals surface area (Å²) in [5.41, 5.74) is -2.92. The van der Waals surface area contributed by atoms with Crippen LogP contribution in [0.5, 0.6) is 0 Å². The first-order chi connectivity index (χ1) is 16.1. The van der Waals surface area contributed by atoms with E-state index in [1.54, 1.807) is 13.1 Å². The van der Waals surface area contributed by atoms with Gasteiger partial charge in [-0.2, -0.15) is 22.0 Å². The minimum absolute atomic E-state index is 0.249. The number of fused-ring (bicyclic) bond motifs is 1. The smallest absolute Gasteiger partial charge is 0.371 e. The lowest BCUT2D eigenvalue weighted by atomic mass is 9.68. The van der Waals surface area contributed by atoms with Crippen LogP contribution in [-0.2, 0) is 34.5 Å². The van der Waals surface area contributed by atoms with Crippen LogP contribution in [0.15, 0.2) is 36.4 Å². The van der Waals surface area contributed by atoms with E-state index < -0.39 is 38.9 Å². The second-order valence-corrected chi connectivity index (χ2v) is 11.6. The molecule has 2 aromatic rings. The third kappa shape index (κ3) is 4.26. The maximum atomic E-state index is 14.4. The van der Waals surface area contributed by atoms with Crippen molar-refractivity contribution in [2.45, 2.75) is 37.6 Å². The van der Waals surface area contributed by atoms with E-state index in [9.17, 15) is 35.5 Å². The predicted octanol–water partition coefficient (Wildman–Crippen LogP) is 4.09. The van der Waals surface area contributed by atoms with Crippen molar-refractivity contribution in [2.75, 3.05) is 32.9 Å². The molecule has 1 fully saturated rings. The number of halogens is 5. The van der Waals surface area contributed by atoms with Crippen molar-refractivity contribution in [1.82, 2.24) is 9.21 Å². The Labute approximate surface area is 201 Å². The maximum Gasteiger partial charge on any atom is 0.427 e. The van der Waals surface area contributed by atoms with Gasteiger partial charge in [0.25, 0.3) is 5.60 Å². The van der Waals surface area contributed by atoms with Crippen LogP contribution in [0.25, 0.3) is 11.1 Å². The van der Waals surface area contributed by atoms with Crippen LogP contribution in [0.3, 0.4) is 0 Å². The van der Waals surface area contributed by atoms with E-state index in [0.29, 0.717) is 30.6 Å². The zero-order valence-corrected chi connectivity index (χ0v) is 20.3. The van der Waals surface area contributed by atoms with Gasteiger partial charge in [-0.05, 0) is 40.7 Å². The topological polar surface area (TPSA) is 60.9 Å². The van der Waals surface area contributed by atoms with E-state index in [2.05, 4.69) is 4.90 Å². The summed E-state index contributed by atoms with van der Waals surface area (Å²) in [4.78, 5) is 2.18. The van der Waals surface area contributed by atoms with Crippen molar-refractivity contribution in [1.29, 1.82) is 0 Å². The Kier molecular flexibility index (Phi) is 6.31. The summed E-state index contributed by atoms with van der Waals surface area (Å²) in [6.45, 7) is 4.52. The standard InChI is InChI=1S/C24H27F5N2O3S/c1-4-17-9-15(12-31-13-16(14-31)11-30(2)35(3,33)34)5-7-19(17)18-6-8-20-21(10-18)23(25,26)22(20,32)24(27,28)29/h5-10,16,32H,4,11-14H2,1-3H3. The largest absolute Gasteiger partial charge is 0.427 e. The van der Waals surface area contributed by atoms with E-state index in [0.717, 1.165) is 36.3 Å². The van der Waals surface area contributed by atoms with Crippen molar-refractivity contribution >= 4 is 10.0 Å². The van der Waals surface area contributed by atoms with Crippen molar-refractivity contribution in [3.05, 3.63) is 58.7 Å². The first-order valence-corrected chi connectivity index (χ1v) is 13.0. The lowest BCUT2D eigenvalue weighted by Crippen LogP contribution is -2.62. The second-order valence-electron chi connectivity index (χ2n) is 9.49. The minimum atomic E-state index is -5.49. The Morgan fingerprint density at radius 3 is 2.34 bits per heavy atom. The Hall–Kier alpha value is -2.08. The second kappa shape index (κ2) is 8.50. The summed E-state index contributed by atoms with van der Waals surface area (Å²) in [7, 11) is -1.66. The Morgan fingerprint density at radius 1 is 1.11 bits per heavy atom. The molecule has 1 atom stereocenters. The van der Waals surface area contributed by atoms with Crippen LogP contribution >= 0.6 is 0 Å². The first-order valence-electron chi connectivity index (χ1n) is 11.2. The molecule has 1 heterocycles. The van der Waals surface area contributed by atoms with Crippen LogP contribution < -0.4 is 0 Å². The normalized spacial score (nSPS) is 22.6. The van der Waals surface area contributed by atoms with Gasteiger partial charge < -0.3 is 5.11 Å². The van der Waals surface area contributed by atoms with Gasteiger partial charge in [0.1, 0.15) is 0 Å². The van der Waals surface area contributed by atoms with E-state index in [1.165, 1.54) is 16.6 Å². The van der Waals surface area contributed by atoms with Gasteiger partial charge in [-0.25, -0.2) is 12.7 Å². The molecule has 0 aromatic heterocycles. The molecule has 0 bridgehead atoms. The Bertz CT molecular complexity index is 1240. The highest BCUT2D eigenvalue weighted by Gasteiger charge is 2.78. The van der Waals surface area contributed by atoms with Crippen LogP contribution in [0.1, 0.15) is 29.2 Å². The Balaban J connectivity index is 1.49. The minimum Gasteiger partial charge on any atom is -0.371 e. The van der Waals surface area contributed by atoms with Crippen molar-refractivity contribution in [3.8, 4) is 11.1 Å². The summed E-state index contributed by atoms with van der Waals surface area (Å²) in [5, 5.41) is 9.73. The number of aryl methyl sites for hydroxylation is 1. The van der Waals surface area contributed by atoms with Gasteiger partial charge in [0, 0.05) is 44.4 Å². The van der Waals surface area contributed by atoms with Crippen LogP contribution in [0, 0.1) is 5.92 Å². The molecule has 4 rings (SSSR count). The molecule has 11 heteroatoms. The third-order valence-electron chi connectivity index (χ3n) is 6.99. The first kappa shape index (κ1) is 26.0. The number of aliphatic hydroxyl groups is 1. The van der Waals surface area contributed by atoms with Gasteiger partial charge in [-0.3, -0.25) is 4.90 Å². The van der Waals surface area contributed by atoms with Gasteiger partial charge in [0.05, 0.1) is 6.26 Å². The fraction of sp³-hybridized carbons (Fsp3) is 0.500. The summed E-state index contributed by atoms with van der Waals surface area (Å²) in [6, 6.07) is 8.87. The average molecular weight is 519 g/mol. The van der Waals surface area contributed by atoms with Crippen LogP contribution in [-0.4, -0.2) is 61.8 Å². The number of hydrogen-bond acceptors (Lipinski definition) is 4. The molecule has 1 unspecified atom stereocenters. The Morgan fingerprint density at radius 2 is 1.77 bits per heavy atom. The fourth-order valence-electron chi connectivity index (χ4n) is 4.92. The van der Waals surface area contributed by atoms with E-state index in [4.69, 9.17) is 0 Å². The molecule has 0 saturated carbocycles. The highest BCUT2D eigenvalue weighted by atomic mass is 32.2. The molecule has 1 aliphatic carbocycles. The number of benzene rings is 2. The van der Waals surface area contributed by atoms with E-state index in [-0.39, 0.29) is 5.92 Å². The average Bonchev–Trinajstić information content (AvgIpc) is 2.74. The molecule has 35 heavy (non-hydrogen) atoms. The van der Waals surface area contributed by atoms with Gasteiger partial charge >= 0.3 is 12.1 Å². The number of likely N-dealkylation sites (tertiary alicyclic amines) is 1.